The quantitative estimate of drug-likeness (QED) is 0.699. The van der Waals surface area contributed by atoms with Crippen LogP contribution < -0.4 is 5.73 Å². The minimum Gasteiger partial charge on any atom is -0.469 e. The second-order valence-corrected chi connectivity index (χ2v) is 5.28. The lowest BCUT2D eigenvalue weighted by atomic mass is 9.94. The summed E-state index contributed by atoms with van der Waals surface area (Å²) in [4.78, 5) is 11.0. The highest BCUT2D eigenvalue weighted by Crippen LogP contribution is 2.40. The molecule has 1 saturated heterocycles. The molecule has 0 bridgehead atoms. The maximum Gasteiger partial charge on any atom is 0.307 e. The van der Waals surface area contributed by atoms with Gasteiger partial charge in [0.05, 0.1) is 13.5 Å². The summed E-state index contributed by atoms with van der Waals surface area (Å²) < 4.78 is 4.67. The number of thioether (sulfide) groups is 1. The van der Waals surface area contributed by atoms with Gasteiger partial charge in [0.1, 0.15) is 0 Å². The molecule has 0 aromatic heterocycles. The van der Waals surface area contributed by atoms with E-state index >= 15 is 0 Å². The van der Waals surface area contributed by atoms with Gasteiger partial charge in [-0.05, 0) is 25.5 Å². The molecule has 1 aliphatic heterocycles. The number of nitrogens with two attached hydrogens (primary N) is 1. The van der Waals surface area contributed by atoms with E-state index in [2.05, 4.69) is 11.7 Å². The van der Waals surface area contributed by atoms with Crippen LogP contribution in [-0.2, 0) is 9.53 Å². The molecular formula is C9H17NO2S. The fourth-order valence-electron chi connectivity index (χ4n) is 1.57. The van der Waals surface area contributed by atoms with Gasteiger partial charge in [-0.25, -0.2) is 0 Å². The second-order valence-electron chi connectivity index (χ2n) is 3.65. The molecule has 1 heterocycles. The molecule has 0 aromatic rings. The van der Waals surface area contributed by atoms with Crippen LogP contribution in [0.5, 0.6) is 0 Å². The average molecular weight is 203 g/mol. The lowest BCUT2D eigenvalue weighted by Crippen LogP contribution is -2.42. The fraction of sp³-hybridized carbons (Fsp3) is 0.889. The molecule has 2 atom stereocenters. The molecule has 4 heteroatoms. The van der Waals surface area contributed by atoms with Gasteiger partial charge in [-0.3, -0.25) is 4.79 Å². The zero-order chi connectivity index (χ0) is 9.90. The first kappa shape index (κ1) is 10.9. The molecule has 0 amide bonds. The predicted octanol–water partition coefficient (Wildman–Crippen LogP) is 1.16. The van der Waals surface area contributed by atoms with Crippen molar-refractivity contribution < 1.29 is 9.53 Å². The summed E-state index contributed by atoms with van der Waals surface area (Å²) in [6.45, 7) is 2.14. The van der Waals surface area contributed by atoms with E-state index in [0.29, 0.717) is 6.42 Å². The summed E-state index contributed by atoms with van der Waals surface area (Å²) in [6.07, 6.45) is 2.64. The molecule has 3 nitrogen and oxygen atoms in total. The Morgan fingerprint density at radius 2 is 2.46 bits per heavy atom. The molecule has 76 valence electrons. The van der Waals surface area contributed by atoms with Crippen molar-refractivity contribution in [3.8, 4) is 0 Å². The van der Waals surface area contributed by atoms with Gasteiger partial charge in [0, 0.05) is 10.8 Å². The van der Waals surface area contributed by atoms with Crippen molar-refractivity contribution in [2.24, 2.45) is 5.73 Å². The first-order valence-electron chi connectivity index (χ1n) is 4.55. The van der Waals surface area contributed by atoms with Crippen LogP contribution in [0.25, 0.3) is 0 Å². The van der Waals surface area contributed by atoms with E-state index < -0.39 is 0 Å². The third kappa shape index (κ3) is 2.61. The second kappa shape index (κ2) is 4.33. The van der Waals surface area contributed by atoms with Crippen molar-refractivity contribution in [2.45, 2.75) is 37.0 Å². The summed E-state index contributed by atoms with van der Waals surface area (Å²) in [6, 6.07) is -0.0764. The largest absolute Gasteiger partial charge is 0.469 e. The lowest BCUT2D eigenvalue weighted by molar-refractivity contribution is -0.141. The molecule has 0 aliphatic carbocycles. The highest BCUT2D eigenvalue weighted by molar-refractivity contribution is 8.00. The Hall–Kier alpha value is -0.220. The Kier molecular flexibility index (Phi) is 3.62. The summed E-state index contributed by atoms with van der Waals surface area (Å²) in [5, 5.41) is 0. The number of hydrogen-bond acceptors (Lipinski definition) is 4. The summed E-state index contributed by atoms with van der Waals surface area (Å²) in [7, 11) is 1.40. The van der Waals surface area contributed by atoms with Crippen LogP contribution in [0, 0.1) is 0 Å². The topological polar surface area (TPSA) is 52.3 Å². The number of hydrogen-bond donors (Lipinski definition) is 1. The van der Waals surface area contributed by atoms with Crippen molar-refractivity contribution in [2.75, 3.05) is 12.9 Å². The average Bonchev–Trinajstić information content (AvgIpc) is 2.53. The summed E-state index contributed by atoms with van der Waals surface area (Å²) >= 11 is 1.87. The van der Waals surface area contributed by atoms with Crippen LogP contribution in [0.2, 0.25) is 0 Å². The number of methoxy groups -OCH3 is 1. The van der Waals surface area contributed by atoms with Crippen LogP contribution in [0.15, 0.2) is 0 Å². The molecule has 2 N–H and O–H groups in total. The van der Waals surface area contributed by atoms with E-state index in [-0.39, 0.29) is 16.8 Å². The highest BCUT2D eigenvalue weighted by atomic mass is 32.2. The van der Waals surface area contributed by atoms with Crippen molar-refractivity contribution in [3.63, 3.8) is 0 Å². The smallest absolute Gasteiger partial charge is 0.307 e. The Morgan fingerprint density at radius 3 is 2.92 bits per heavy atom. The molecule has 1 rings (SSSR count). The Morgan fingerprint density at radius 1 is 1.77 bits per heavy atom. The Balaban J connectivity index is 2.46. The summed E-state index contributed by atoms with van der Waals surface area (Å²) in [5.74, 6) is 0.951. The van der Waals surface area contributed by atoms with Crippen LogP contribution in [0.3, 0.4) is 0 Å². The van der Waals surface area contributed by atoms with Crippen LogP contribution >= 0.6 is 11.8 Å². The first-order chi connectivity index (χ1) is 6.08. The Labute approximate surface area is 83.4 Å². The van der Waals surface area contributed by atoms with Crippen LogP contribution in [0.4, 0.5) is 0 Å². The number of esters is 1. The maximum atomic E-state index is 11.0. The molecule has 0 radical (unpaired) electrons. The normalized spacial score (nSPS) is 30.1. The van der Waals surface area contributed by atoms with Gasteiger partial charge >= 0.3 is 5.97 Å². The van der Waals surface area contributed by atoms with E-state index in [1.54, 1.807) is 0 Å². The van der Waals surface area contributed by atoms with E-state index in [1.165, 1.54) is 13.5 Å². The SMILES string of the molecule is COC(=O)CC(N)C1(C)CCCS1. The molecular weight excluding hydrogens is 186 g/mol. The van der Waals surface area contributed by atoms with E-state index in [1.807, 2.05) is 11.8 Å². The van der Waals surface area contributed by atoms with Gasteiger partial charge in [-0.15, -0.1) is 0 Å². The number of rotatable bonds is 3. The minimum absolute atomic E-state index is 0.0764. The van der Waals surface area contributed by atoms with Gasteiger partial charge in [0.15, 0.2) is 0 Å². The third-order valence-corrected chi connectivity index (χ3v) is 4.31. The van der Waals surface area contributed by atoms with Crippen molar-refractivity contribution in [1.82, 2.24) is 0 Å². The van der Waals surface area contributed by atoms with E-state index in [0.717, 1.165) is 12.2 Å². The molecule has 13 heavy (non-hydrogen) atoms. The van der Waals surface area contributed by atoms with Crippen LogP contribution in [-0.4, -0.2) is 29.6 Å². The van der Waals surface area contributed by atoms with Gasteiger partial charge in [-0.1, -0.05) is 0 Å². The first-order valence-corrected chi connectivity index (χ1v) is 5.53. The number of carbonyl (C=O) groups excluding carboxylic acids is 1. The maximum absolute atomic E-state index is 11.0. The lowest BCUT2D eigenvalue weighted by Gasteiger charge is -2.29. The predicted molar refractivity (Wildman–Crippen MR) is 54.7 cm³/mol. The van der Waals surface area contributed by atoms with Gasteiger partial charge in [0.25, 0.3) is 0 Å². The Bertz CT molecular complexity index is 190. The monoisotopic (exact) mass is 203 g/mol. The highest BCUT2D eigenvalue weighted by Gasteiger charge is 2.36. The summed E-state index contributed by atoms with van der Waals surface area (Å²) in [5.41, 5.74) is 5.97. The van der Waals surface area contributed by atoms with E-state index in [9.17, 15) is 4.79 Å². The van der Waals surface area contributed by atoms with Crippen molar-refractivity contribution >= 4 is 17.7 Å². The van der Waals surface area contributed by atoms with Gasteiger partial charge in [0.2, 0.25) is 0 Å². The molecule has 0 saturated carbocycles. The molecule has 1 fully saturated rings. The molecule has 2 unspecified atom stereocenters. The van der Waals surface area contributed by atoms with Crippen molar-refractivity contribution in [1.29, 1.82) is 0 Å². The molecule has 0 aromatic carbocycles. The number of carbonyl (C=O) groups is 1. The zero-order valence-electron chi connectivity index (χ0n) is 8.21. The standard InChI is InChI=1S/C9H17NO2S/c1-9(4-3-5-13-9)7(10)6-8(11)12-2/h7H,3-6,10H2,1-2H3. The third-order valence-electron chi connectivity index (χ3n) is 2.65. The van der Waals surface area contributed by atoms with Crippen LogP contribution in [0.1, 0.15) is 26.2 Å². The van der Waals surface area contributed by atoms with Gasteiger partial charge in [-0.2, -0.15) is 11.8 Å². The minimum atomic E-state index is -0.207. The van der Waals surface area contributed by atoms with Gasteiger partial charge < -0.3 is 10.5 Å². The van der Waals surface area contributed by atoms with E-state index in [4.69, 9.17) is 5.73 Å². The number of ether oxygens (including phenoxy) is 1. The zero-order valence-corrected chi connectivity index (χ0v) is 9.02. The molecule has 0 spiro atoms. The van der Waals surface area contributed by atoms with Crippen molar-refractivity contribution in [3.05, 3.63) is 0 Å². The fourth-order valence-corrected chi connectivity index (χ4v) is 2.91. The molecule has 1 aliphatic rings.